The Kier molecular flexibility index (Phi) is 9.83. The second kappa shape index (κ2) is 14.9. The predicted molar refractivity (Wildman–Crippen MR) is 212 cm³/mol. The fourth-order valence-corrected chi connectivity index (χ4v) is 10.7. The number of carbonyl (C=O) groups excluding carboxylic acids is 3. The number of nitrogens with one attached hydrogen (secondary N) is 1. The van der Waals surface area contributed by atoms with Gasteiger partial charge in [0.05, 0.1) is 12.2 Å². The molecule has 5 aliphatic heterocycles. The summed E-state index contributed by atoms with van der Waals surface area (Å²) in [5.41, 5.74) is 7.50. The van der Waals surface area contributed by atoms with Crippen molar-refractivity contribution in [3.05, 3.63) is 88.5 Å². The first kappa shape index (κ1) is 36.2. The van der Waals surface area contributed by atoms with E-state index in [9.17, 15) is 19.5 Å². The molecule has 5 heterocycles. The van der Waals surface area contributed by atoms with Crippen LogP contribution >= 0.6 is 0 Å². The Labute approximate surface area is 324 Å². The molecule has 2 N–H and O–H groups in total. The highest BCUT2D eigenvalue weighted by Crippen LogP contribution is 2.51. The third-order valence-electron chi connectivity index (χ3n) is 13.9. The Morgan fingerprint density at radius 1 is 0.782 bits per heavy atom. The lowest BCUT2D eigenvalue weighted by molar-refractivity contribution is -0.136. The maximum Gasteiger partial charge on any atom is 0.255 e. The molecule has 0 unspecified atom stereocenters. The van der Waals surface area contributed by atoms with Crippen LogP contribution in [0.15, 0.2) is 60.7 Å². The van der Waals surface area contributed by atoms with Gasteiger partial charge in [-0.1, -0.05) is 37.5 Å². The van der Waals surface area contributed by atoms with Gasteiger partial charge in [0.1, 0.15) is 11.8 Å². The van der Waals surface area contributed by atoms with Crippen LogP contribution in [0.1, 0.15) is 103 Å². The van der Waals surface area contributed by atoms with Crippen molar-refractivity contribution in [1.82, 2.24) is 15.1 Å². The lowest BCUT2D eigenvalue weighted by Crippen LogP contribution is -2.52. The number of benzene rings is 3. The molecule has 290 valence electrons. The van der Waals surface area contributed by atoms with Gasteiger partial charge in [-0.2, -0.15) is 0 Å². The fourth-order valence-electron chi connectivity index (χ4n) is 10.7. The number of amides is 3. The van der Waals surface area contributed by atoms with Gasteiger partial charge >= 0.3 is 0 Å². The van der Waals surface area contributed by atoms with Crippen molar-refractivity contribution in [3.63, 3.8) is 0 Å². The quantitative estimate of drug-likeness (QED) is 0.276. The van der Waals surface area contributed by atoms with Crippen molar-refractivity contribution in [2.24, 2.45) is 11.8 Å². The van der Waals surface area contributed by atoms with Crippen LogP contribution in [0.3, 0.4) is 0 Å². The molecule has 10 heteroatoms. The summed E-state index contributed by atoms with van der Waals surface area (Å²) in [6.07, 6.45) is 9.34. The first-order chi connectivity index (χ1) is 26.7. The second-order valence-electron chi connectivity index (χ2n) is 17.2. The SMILES string of the molecule is C[C@]1(C2CCCCC2)OCc2cc(O)ccc2[C@H]1c1ccc(N2CCC(CN3CCN(c4ccc5c(c4)CN([C@H]4CCC(=O)NC4=O)C5=O)CC3)CC2)cc1. The van der Waals surface area contributed by atoms with Crippen LogP contribution < -0.4 is 15.1 Å². The first-order valence-electron chi connectivity index (χ1n) is 20.8. The first-order valence-corrected chi connectivity index (χ1v) is 20.8. The van der Waals surface area contributed by atoms with Crippen LogP contribution in [0.25, 0.3) is 0 Å². The molecule has 0 bridgehead atoms. The van der Waals surface area contributed by atoms with Gasteiger partial charge < -0.3 is 24.5 Å². The minimum atomic E-state index is -0.586. The van der Waals surface area contributed by atoms with Gasteiger partial charge in [-0.25, -0.2) is 0 Å². The molecule has 10 nitrogen and oxygen atoms in total. The van der Waals surface area contributed by atoms with Gasteiger partial charge in [0, 0.05) is 81.6 Å². The molecule has 3 amide bonds. The van der Waals surface area contributed by atoms with Crippen molar-refractivity contribution in [1.29, 1.82) is 0 Å². The van der Waals surface area contributed by atoms with E-state index in [0.29, 0.717) is 42.7 Å². The summed E-state index contributed by atoms with van der Waals surface area (Å²) in [5, 5.41) is 12.7. The van der Waals surface area contributed by atoms with Gasteiger partial charge in [-0.05, 0) is 116 Å². The number of rotatable bonds is 7. The van der Waals surface area contributed by atoms with Crippen LogP contribution in [0.4, 0.5) is 11.4 Å². The maximum absolute atomic E-state index is 13.2. The molecular formula is C45H55N5O5. The summed E-state index contributed by atoms with van der Waals surface area (Å²) >= 11 is 0. The van der Waals surface area contributed by atoms with Crippen LogP contribution in [0.2, 0.25) is 0 Å². The molecule has 9 rings (SSSR count). The summed E-state index contributed by atoms with van der Waals surface area (Å²) in [4.78, 5) is 46.5. The number of piperazine rings is 1. The third-order valence-corrected chi connectivity index (χ3v) is 13.9. The number of anilines is 2. The van der Waals surface area contributed by atoms with E-state index in [1.165, 1.54) is 61.8 Å². The summed E-state index contributed by atoms with van der Waals surface area (Å²) in [5.74, 6) is 0.909. The zero-order valence-electron chi connectivity index (χ0n) is 32.2. The van der Waals surface area contributed by atoms with E-state index < -0.39 is 6.04 Å². The van der Waals surface area contributed by atoms with Gasteiger partial charge in [0.2, 0.25) is 11.8 Å². The number of fused-ring (bicyclic) bond motifs is 2. The molecule has 1 aliphatic carbocycles. The number of aromatic hydroxyl groups is 1. The number of phenols is 1. The van der Waals surface area contributed by atoms with Gasteiger partial charge in [-0.15, -0.1) is 0 Å². The monoisotopic (exact) mass is 745 g/mol. The smallest absolute Gasteiger partial charge is 0.255 e. The lowest BCUT2D eigenvalue weighted by Gasteiger charge is -2.49. The van der Waals surface area contributed by atoms with Crippen molar-refractivity contribution < 1.29 is 24.2 Å². The van der Waals surface area contributed by atoms with Crippen molar-refractivity contribution in [2.45, 2.75) is 95.4 Å². The molecule has 0 radical (unpaired) electrons. The van der Waals surface area contributed by atoms with Gasteiger partial charge in [-0.3, -0.25) is 24.6 Å². The molecule has 0 aromatic heterocycles. The minimum Gasteiger partial charge on any atom is -0.508 e. The number of piperidine rings is 2. The second-order valence-corrected chi connectivity index (χ2v) is 17.2. The Balaban J connectivity index is 0.783. The molecule has 4 fully saturated rings. The highest BCUT2D eigenvalue weighted by atomic mass is 16.5. The number of carbonyl (C=O) groups is 3. The summed E-state index contributed by atoms with van der Waals surface area (Å²) in [6.45, 7) is 10.5. The normalized spacial score (nSPS) is 26.9. The van der Waals surface area contributed by atoms with E-state index in [2.05, 4.69) is 63.3 Å². The lowest BCUT2D eigenvalue weighted by atomic mass is 9.65. The van der Waals surface area contributed by atoms with Crippen LogP contribution in [-0.2, 0) is 27.5 Å². The standard InChI is InChI=1S/C45H55N5O5/c1-45(34-5-3-2-4-6-34)42(38-14-12-37(51)26-33(38)29-55-45)31-7-9-35(10-8-31)48-19-17-30(18-20-48)27-47-21-23-49(24-22-47)36-11-13-39-32(25-36)28-50(44(39)54)40-15-16-41(52)46-43(40)53/h7-14,25-26,30,34,40,42,51H,2-6,15-24,27-29H2,1H3,(H,46,52,53)/t40-,42+,45+/m0/s1. The number of nitrogens with zero attached hydrogens (tertiary/aromatic N) is 4. The number of imide groups is 1. The molecule has 1 saturated carbocycles. The van der Waals surface area contributed by atoms with Gasteiger partial charge in [0.25, 0.3) is 5.91 Å². The number of phenolic OH excluding ortho intramolecular Hbond substituents is 1. The Bertz CT molecular complexity index is 1930. The maximum atomic E-state index is 13.2. The Hall–Kier alpha value is -4.41. The molecule has 6 aliphatic rings. The third kappa shape index (κ3) is 7.01. The van der Waals surface area contributed by atoms with Crippen LogP contribution in [-0.4, -0.2) is 90.1 Å². The van der Waals surface area contributed by atoms with Crippen molar-refractivity contribution in [2.75, 3.05) is 55.6 Å². The number of hydrogen-bond donors (Lipinski definition) is 2. The fraction of sp³-hybridized carbons (Fsp3) is 0.533. The molecule has 3 aromatic carbocycles. The van der Waals surface area contributed by atoms with Crippen LogP contribution in [0.5, 0.6) is 5.75 Å². The highest BCUT2D eigenvalue weighted by Gasteiger charge is 2.47. The van der Waals surface area contributed by atoms with E-state index in [4.69, 9.17) is 4.74 Å². The Morgan fingerprint density at radius 3 is 2.25 bits per heavy atom. The molecule has 0 spiro atoms. The average molecular weight is 746 g/mol. The zero-order valence-corrected chi connectivity index (χ0v) is 32.2. The Morgan fingerprint density at radius 2 is 1.51 bits per heavy atom. The summed E-state index contributed by atoms with van der Waals surface area (Å²) < 4.78 is 6.79. The highest BCUT2D eigenvalue weighted by molar-refractivity contribution is 6.05. The predicted octanol–water partition coefficient (Wildman–Crippen LogP) is 6.19. The molecule has 55 heavy (non-hydrogen) atoms. The van der Waals surface area contributed by atoms with E-state index in [1.54, 1.807) is 4.90 Å². The zero-order chi connectivity index (χ0) is 37.7. The van der Waals surface area contributed by atoms with E-state index in [0.717, 1.165) is 62.6 Å². The number of hydrogen-bond acceptors (Lipinski definition) is 8. The van der Waals surface area contributed by atoms with Crippen molar-refractivity contribution in [3.8, 4) is 5.75 Å². The van der Waals surface area contributed by atoms with E-state index in [-0.39, 0.29) is 35.7 Å². The van der Waals surface area contributed by atoms with Crippen molar-refractivity contribution >= 4 is 29.1 Å². The molecule has 3 saturated heterocycles. The molecular weight excluding hydrogens is 691 g/mol. The van der Waals surface area contributed by atoms with Gasteiger partial charge in [0.15, 0.2) is 0 Å². The summed E-state index contributed by atoms with van der Waals surface area (Å²) in [7, 11) is 0. The summed E-state index contributed by atoms with van der Waals surface area (Å²) in [6, 6.07) is 20.7. The van der Waals surface area contributed by atoms with Crippen LogP contribution in [0, 0.1) is 11.8 Å². The number of ether oxygens (including phenoxy) is 1. The largest absolute Gasteiger partial charge is 0.508 e. The molecule has 3 aromatic rings. The minimum absolute atomic E-state index is 0.121. The topological polar surface area (TPSA) is 106 Å². The average Bonchev–Trinajstić information content (AvgIpc) is 3.53. The van der Waals surface area contributed by atoms with E-state index >= 15 is 0 Å². The molecule has 3 atom stereocenters. The van der Waals surface area contributed by atoms with E-state index in [1.807, 2.05) is 24.3 Å².